The van der Waals surface area contributed by atoms with Gasteiger partial charge in [0.1, 0.15) is 5.82 Å². The molecule has 1 aromatic heterocycles. The minimum Gasteiger partial charge on any atom is -0.355 e. The fourth-order valence-corrected chi connectivity index (χ4v) is 3.44. The number of nitrogens with one attached hydrogen (secondary N) is 1. The van der Waals surface area contributed by atoms with Crippen LogP contribution in [0.4, 0.5) is 5.82 Å². The molecule has 6 heteroatoms. The predicted octanol–water partition coefficient (Wildman–Crippen LogP) is 2.11. The van der Waals surface area contributed by atoms with Gasteiger partial charge in [0.2, 0.25) is 5.91 Å². The summed E-state index contributed by atoms with van der Waals surface area (Å²) >= 11 is 0. The summed E-state index contributed by atoms with van der Waals surface area (Å²) in [6, 6.07) is 10.5. The van der Waals surface area contributed by atoms with Gasteiger partial charge in [-0.3, -0.25) is 9.78 Å². The van der Waals surface area contributed by atoms with Gasteiger partial charge in [0, 0.05) is 37.9 Å². The number of nitrogens with zero attached hydrogens (tertiary/aromatic N) is 4. The second kappa shape index (κ2) is 8.76. The molecule has 0 radical (unpaired) electrons. The Kier molecular flexibility index (Phi) is 6.17. The Morgan fingerprint density at radius 2 is 1.96 bits per heavy atom. The van der Waals surface area contributed by atoms with Crippen molar-refractivity contribution in [2.75, 3.05) is 38.6 Å². The standard InChI is InChI=1S/C20H27N5O/c1-24(2)18(16-6-4-3-5-7-16)14-23-20(26)17-8-12-25(13-9-17)19-15-21-10-11-22-19/h3-7,10-11,15,17-18H,8-9,12-14H2,1-2H3,(H,23,26). The number of hydrogen-bond donors (Lipinski definition) is 1. The largest absolute Gasteiger partial charge is 0.355 e. The Labute approximate surface area is 155 Å². The lowest BCUT2D eigenvalue weighted by atomic mass is 9.95. The van der Waals surface area contributed by atoms with E-state index in [-0.39, 0.29) is 17.9 Å². The van der Waals surface area contributed by atoms with E-state index in [1.807, 2.05) is 32.3 Å². The van der Waals surface area contributed by atoms with Crippen molar-refractivity contribution >= 4 is 11.7 Å². The quantitative estimate of drug-likeness (QED) is 0.862. The number of anilines is 1. The lowest BCUT2D eigenvalue weighted by molar-refractivity contribution is -0.125. The number of carbonyl (C=O) groups is 1. The SMILES string of the molecule is CN(C)C(CNC(=O)C1CCN(c2cnccn2)CC1)c1ccccc1. The summed E-state index contributed by atoms with van der Waals surface area (Å²) in [5, 5.41) is 3.16. The van der Waals surface area contributed by atoms with Crippen LogP contribution >= 0.6 is 0 Å². The molecule has 1 aromatic carbocycles. The van der Waals surface area contributed by atoms with E-state index < -0.39 is 0 Å². The molecule has 1 aliphatic rings. The molecule has 1 saturated heterocycles. The van der Waals surface area contributed by atoms with Crippen LogP contribution in [0.15, 0.2) is 48.9 Å². The molecular formula is C20H27N5O. The molecule has 0 spiro atoms. The maximum absolute atomic E-state index is 12.6. The summed E-state index contributed by atoms with van der Waals surface area (Å²) in [5.74, 6) is 1.12. The highest BCUT2D eigenvalue weighted by Gasteiger charge is 2.26. The lowest BCUT2D eigenvalue weighted by Gasteiger charge is -2.32. The second-order valence-corrected chi connectivity index (χ2v) is 6.96. The maximum atomic E-state index is 12.6. The van der Waals surface area contributed by atoms with Crippen molar-refractivity contribution in [2.24, 2.45) is 5.92 Å². The topological polar surface area (TPSA) is 61.4 Å². The van der Waals surface area contributed by atoms with Crippen molar-refractivity contribution in [2.45, 2.75) is 18.9 Å². The number of rotatable bonds is 6. The molecule has 6 nitrogen and oxygen atoms in total. The smallest absolute Gasteiger partial charge is 0.223 e. The van der Waals surface area contributed by atoms with Gasteiger partial charge in [0.25, 0.3) is 0 Å². The van der Waals surface area contributed by atoms with Gasteiger partial charge in [0.05, 0.1) is 12.2 Å². The summed E-state index contributed by atoms with van der Waals surface area (Å²) in [6.07, 6.45) is 6.86. The van der Waals surface area contributed by atoms with E-state index in [2.05, 4.69) is 37.2 Å². The molecule has 2 heterocycles. The third-order valence-corrected chi connectivity index (χ3v) is 5.02. The summed E-state index contributed by atoms with van der Waals surface area (Å²) in [7, 11) is 4.09. The number of amides is 1. The average Bonchev–Trinajstić information content (AvgIpc) is 2.69. The van der Waals surface area contributed by atoms with Crippen molar-refractivity contribution in [1.82, 2.24) is 20.2 Å². The maximum Gasteiger partial charge on any atom is 0.223 e. The van der Waals surface area contributed by atoms with Crippen LogP contribution in [0.1, 0.15) is 24.4 Å². The number of piperidine rings is 1. The van der Waals surface area contributed by atoms with E-state index in [4.69, 9.17) is 0 Å². The fraction of sp³-hybridized carbons (Fsp3) is 0.450. The second-order valence-electron chi connectivity index (χ2n) is 6.96. The first-order valence-corrected chi connectivity index (χ1v) is 9.15. The number of carbonyl (C=O) groups excluding carboxylic acids is 1. The minimum absolute atomic E-state index is 0.0708. The Morgan fingerprint density at radius 1 is 1.23 bits per heavy atom. The van der Waals surface area contributed by atoms with E-state index in [0.29, 0.717) is 6.54 Å². The monoisotopic (exact) mass is 353 g/mol. The first-order valence-electron chi connectivity index (χ1n) is 9.15. The molecule has 0 aliphatic carbocycles. The van der Waals surface area contributed by atoms with Crippen molar-refractivity contribution in [3.8, 4) is 0 Å². The van der Waals surface area contributed by atoms with Crippen LogP contribution in [0.2, 0.25) is 0 Å². The van der Waals surface area contributed by atoms with Gasteiger partial charge in [-0.1, -0.05) is 30.3 Å². The van der Waals surface area contributed by atoms with Gasteiger partial charge in [-0.15, -0.1) is 0 Å². The summed E-state index contributed by atoms with van der Waals surface area (Å²) in [4.78, 5) is 25.4. The lowest BCUT2D eigenvalue weighted by Crippen LogP contribution is -2.43. The number of likely N-dealkylation sites (N-methyl/N-ethyl adjacent to an activating group) is 1. The molecule has 0 saturated carbocycles. The molecule has 26 heavy (non-hydrogen) atoms. The molecule has 138 valence electrons. The number of hydrogen-bond acceptors (Lipinski definition) is 5. The third-order valence-electron chi connectivity index (χ3n) is 5.02. The molecule has 2 aromatic rings. The van der Waals surface area contributed by atoms with E-state index in [0.717, 1.165) is 31.7 Å². The van der Waals surface area contributed by atoms with Gasteiger partial charge in [0.15, 0.2) is 0 Å². The number of aromatic nitrogens is 2. The minimum atomic E-state index is 0.0708. The zero-order valence-electron chi connectivity index (χ0n) is 15.5. The summed E-state index contributed by atoms with van der Waals surface area (Å²) in [5.41, 5.74) is 1.22. The first-order chi connectivity index (χ1) is 12.6. The molecule has 1 N–H and O–H groups in total. The molecule has 0 bridgehead atoms. The third kappa shape index (κ3) is 4.58. The molecular weight excluding hydrogens is 326 g/mol. The van der Waals surface area contributed by atoms with Gasteiger partial charge < -0.3 is 15.1 Å². The summed E-state index contributed by atoms with van der Waals surface area (Å²) in [6.45, 7) is 2.30. The van der Waals surface area contributed by atoms with Crippen molar-refractivity contribution in [3.63, 3.8) is 0 Å². The predicted molar refractivity (Wildman–Crippen MR) is 103 cm³/mol. The first kappa shape index (κ1) is 18.3. The van der Waals surface area contributed by atoms with Crippen LogP contribution in [-0.2, 0) is 4.79 Å². The Morgan fingerprint density at radius 3 is 2.58 bits per heavy atom. The zero-order chi connectivity index (χ0) is 18.4. The molecule has 1 fully saturated rings. The van der Waals surface area contributed by atoms with Gasteiger partial charge in [-0.2, -0.15) is 0 Å². The van der Waals surface area contributed by atoms with E-state index >= 15 is 0 Å². The van der Waals surface area contributed by atoms with Crippen molar-refractivity contribution in [3.05, 3.63) is 54.5 Å². The summed E-state index contributed by atoms with van der Waals surface area (Å²) < 4.78 is 0. The molecule has 3 rings (SSSR count). The highest BCUT2D eigenvalue weighted by Crippen LogP contribution is 2.22. The van der Waals surface area contributed by atoms with Crippen LogP contribution in [0.25, 0.3) is 0 Å². The zero-order valence-corrected chi connectivity index (χ0v) is 15.5. The van der Waals surface area contributed by atoms with Crippen LogP contribution in [0.5, 0.6) is 0 Å². The van der Waals surface area contributed by atoms with Gasteiger partial charge >= 0.3 is 0 Å². The van der Waals surface area contributed by atoms with Crippen LogP contribution in [-0.4, -0.2) is 54.5 Å². The van der Waals surface area contributed by atoms with Crippen molar-refractivity contribution in [1.29, 1.82) is 0 Å². The highest BCUT2D eigenvalue weighted by molar-refractivity contribution is 5.79. The Bertz CT molecular complexity index is 684. The molecule has 1 amide bonds. The van der Waals surface area contributed by atoms with E-state index in [1.165, 1.54) is 5.56 Å². The van der Waals surface area contributed by atoms with Crippen LogP contribution < -0.4 is 10.2 Å². The van der Waals surface area contributed by atoms with Crippen LogP contribution in [0.3, 0.4) is 0 Å². The van der Waals surface area contributed by atoms with Crippen LogP contribution in [0, 0.1) is 5.92 Å². The van der Waals surface area contributed by atoms with E-state index in [1.54, 1.807) is 18.6 Å². The number of benzene rings is 1. The van der Waals surface area contributed by atoms with Crippen molar-refractivity contribution < 1.29 is 4.79 Å². The normalized spacial score (nSPS) is 16.5. The molecule has 1 aliphatic heterocycles. The Hall–Kier alpha value is -2.47. The van der Waals surface area contributed by atoms with Gasteiger partial charge in [-0.25, -0.2) is 4.98 Å². The van der Waals surface area contributed by atoms with Gasteiger partial charge in [-0.05, 0) is 32.5 Å². The highest BCUT2D eigenvalue weighted by atomic mass is 16.1. The van der Waals surface area contributed by atoms with E-state index in [9.17, 15) is 4.79 Å². The Balaban J connectivity index is 1.51. The molecule has 1 unspecified atom stereocenters. The average molecular weight is 353 g/mol. The fourth-order valence-electron chi connectivity index (χ4n) is 3.44. The molecule has 1 atom stereocenters.